The third kappa shape index (κ3) is 5.55. The molecule has 240 valence electrons. The lowest BCUT2D eigenvalue weighted by Crippen LogP contribution is -2.38. The van der Waals surface area contributed by atoms with Crippen LogP contribution in [0.1, 0.15) is 77.6 Å². The topological polar surface area (TPSA) is 48.1 Å². The summed E-state index contributed by atoms with van der Waals surface area (Å²) in [6, 6.07) is 8.09. The Hall–Kier alpha value is -4.01. The molecule has 0 spiro atoms. The quantitative estimate of drug-likeness (QED) is 0.172. The Bertz CT molecular complexity index is 1680. The number of nitrogens with zero attached hydrogens (tertiary/aromatic N) is 8. The summed E-state index contributed by atoms with van der Waals surface area (Å²) >= 11 is 0. The van der Waals surface area contributed by atoms with Crippen molar-refractivity contribution in [2.75, 3.05) is 54.5 Å². The van der Waals surface area contributed by atoms with E-state index in [0.717, 1.165) is 98.4 Å². The van der Waals surface area contributed by atoms with Gasteiger partial charge in [-0.3, -0.25) is 9.08 Å². The fourth-order valence-corrected chi connectivity index (χ4v) is 7.13. The molecule has 45 heavy (non-hydrogen) atoms. The molecule has 0 N–H and O–H groups in total. The lowest BCUT2D eigenvalue weighted by molar-refractivity contribution is 0.309. The van der Waals surface area contributed by atoms with Gasteiger partial charge in [-0.25, -0.2) is 9.37 Å². The fraction of sp³-hybridized carbons (Fsp3) is 0.500. The standard InChI is InChI=1S/C36H49FN8/c1-8-12-13-27(9-2)45-31-15-16-42(25(5)6)24-29(31)36(39-45)43-19-18-40(7)32-21-28(30(37)22-33(32)43)26-14-17-44-34(20-26)38-23-35(44)41(10-3)11-4/h14,17,20-23,27H,5,8-13,15-16,18-19,24H2,1-4,6-7H3. The maximum Gasteiger partial charge on any atom is 0.160 e. The molecule has 5 heterocycles. The van der Waals surface area contributed by atoms with Gasteiger partial charge in [0, 0.05) is 87.5 Å². The zero-order chi connectivity index (χ0) is 31.8. The second-order valence-corrected chi connectivity index (χ2v) is 12.6. The number of imidazole rings is 1. The number of unbranched alkanes of at least 4 members (excludes halogenated alkanes) is 1. The first-order chi connectivity index (χ1) is 21.8. The number of hydrogen-bond donors (Lipinski definition) is 0. The summed E-state index contributed by atoms with van der Waals surface area (Å²) in [4.78, 5) is 13.8. The zero-order valence-electron chi connectivity index (χ0n) is 28.0. The molecule has 1 unspecified atom stereocenters. The number of halogens is 1. The van der Waals surface area contributed by atoms with E-state index >= 15 is 4.39 Å². The summed E-state index contributed by atoms with van der Waals surface area (Å²) in [5.41, 5.74) is 7.78. The van der Waals surface area contributed by atoms with Crippen molar-refractivity contribution in [2.24, 2.45) is 0 Å². The van der Waals surface area contributed by atoms with Crippen molar-refractivity contribution in [2.45, 2.75) is 79.3 Å². The lowest BCUT2D eigenvalue weighted by atomic mass is 10.0. The first-order valence-corrected chi connectivity index (χ1v) is 16.8. The van der Waals surface area contributed by atoms with E-state index in [-0.39, 0.29) is 5.82 Å². The molecule has 0 aliphatic carbocycles. The van der Waals surface area contributed by atoms with Crippen molar-refractivity contribution in [3.8, 4) is 11.1 Å². The Labute approximate surface area is 267 Å². The minimum Gasteiger partial charge on any atom is -0.371 e. The van der Waals surface area contributed by atoms with Crippen LogP contribution < -0.4 is 14.7 Å². The van der Waals surface area contributed by atoms with Gasteiger partial charge in [-0.2, -0.15) is 5.10 Å². The molecule has 3 aromatic heterocycles. The maximum atomic E-state index is 16.2. The average Bonchev–Trinajstić information content (AvgIpc) is 3.63. The number of benzene rings is 1. The highest BCUT2D eigenvalue weighted by molar-refractivity contribution is 5.85. The van der Waals surface area contributed by atoms with Crippen LogP contribution in [0, 0.1) is 5.82 Å². The van der Waals surface area contributed by atoms with Crippen LogP contribution >= 0.6 is 0 Å². The number of rotatable bonds is 11. The predicted octanol–water partition coefficient (Wildman–Crippen LogP) is 7.80. The van der Waals surface area contributed by atoms with Crippen molar-refractivity contribution in [1.82, 2.24) is 24.1 Å². The molecule has 0 saturated heterocycles. The Balaban J connectivity index is 1.42. The fourth-order valence-electron chi connectivity index (χ4n) is 7.13. The molecule has 0 radical (unpaired) electrons. The van der Waals surface area contributed by atoms with Crippen LogP contribution in [0.2, 0.25) is 0 Å². The summed E-state index contributed by atoms with van der Waals surface area (Å²) in [6.07, 6.45) is 9.39. The molecule has 2 aliphatic rings. The third-order valence-electron chi connectivity index (χ3n) is 9.89. The average molecular weight is 613 g/mol. The molecule has 9 heteroatoms. The number of allylic oxidation sites excluding steroid dienone is 1. The number of hydrogen-bond acceptors (Lipinski definition) is 6. The normalized spacial score (nSPS) is 15.4. The van der Waals surface area contributed by atoms with Crippen molar-refractivity contribution in [3.05, 3.63) is 66.0 Å². The number of anilines is 4. The van der Waals surface area contributed by atoms with E-state index in [1.165, 1.54) is 24.1 Å². The number of fused-ring (bicyclic) bond motifs is 3. The summed E-state index contributed by atoms with van der Waals surface area (Å²) in [6.45, 7) is 20.2. The van der Waals surface area contributed by atoms with Crippen molar-refractivity contribution in [1.29, 1.82) is 0 Å². The van der Waals surface area contributed by atoms with Gasteiger partial charge in [0.2, 0.25) is 0 Å². The van der Waals surface area contributed by atoms with E-state index < -0.39 is 0 Å². The molecule has 1 aromatic carbocycles. The molecule has 4 aromatic rings. The SMILES string of the molecule is C=C(C)N1CCc2c(c(N3CCN(C)c4cc(-c5ccn6c(N(CC)CC)cnc6c5)c(F)cc43)nn2C(CC)CCCC)C1. The number of likely N-dealkylation sites (N-methyl/N-ethyl adjacent to an activating group) is 1. The van der Waals surface area contributed by atoms with Crippen LogP contribution in [0.4, 0.5) is 27.4 Å². The molecular formula is C36H49FN8. The van der Waals surface area contributed by atoms with Crippen molar-refractivity contribution >= 4 is 28.7 Å². The molecule has 1 atom stereocenters. The molecule has 0 fully saturated rings. The second kappa shape index (κ2) is 12.8. The molecule has 0 bridgehead atoms. The summed E-state index contributed by atoms with van der Waals surface area (Å²) < 4.78 is 20.6. The number of aromatic nitrogens is 4. The van der Waals surface area contributed by atoms with Gasteiger partial charge in [0.1, 0.15) is 17.3 Å². The van der Waals surface area contributed by atoms with Gasteiger partial charge in [-0.15, -0.1) is 0 Å². The molecule has 6 rings (SSSR count). The summed E-state index contributed by atoms with van der Waals surface area (Å²) in [5.74, 6) is 1.78. The molecular weight excluding hydrogens is 563 g/mol. The number of pyridine rings is 1. The summed E-state index contributed by atoms with van der Waals surface area (Å²) in [7, 11) is 2.10. The van der Waals surface area contributed by atoms with E-state index in [1.807, 2.05) is 30.6 Å². The van der Waals surface area contributed by atoms with E-state index in [2.05, 4.69) is 81.9 Å². The van der Waals surface area contributed by atoms with Gasteiger partial charge in [0.25, 0.3) is 0 Å². The Kier molecular flexibility index (Phi) is 8.80. The van der Waals surface area contributed by atoms with Gasteiger partial charge in [-0.1, -0.05) is 33.3 Å². The minimum absolute atomic E-state index is 0.236. The molecule has 2 aliphatic heterocycles. The highest BCUT2D eigenvalue weighted by atomic mass is 19.1. The van der Waals surface area contributed by atoms with E-state index in [9.17, 15) is 0 Å². The second-order valence-electron chi connectivity index (χ2n) is 12.6. The van der Waals surface area contributed by atoms with E-state index in [4.69, 9.17) is 5.10 Å². The Morgan fingerprint density at radius 3 is 2.58 bits per heavy atom. The van der Waals surface area contributed by atoms with Crippen LogP contribution in [-0.2, 0) is 13.0 Å². The van der Waals surface area contributed by atoms with Crippen LogP contribution in [-0.4, -0.2) is 63.8 Å². The van der Waals surface area contributed by atoms with E-state index in [0.29, 0.717) is 11.6 Å². The lowest BCUT2D eigenvalue weighted by Gasteiger charge is -2.37. The molecule has 0 saturated carbocycles. The molecule has 0 amide bonds. The van der Waals surface area contributed by atoms with Gasteiger partial charge < -0.3 is 19.6 Å². The van der Waals surface area contributed by atoms with Gasteiger partial charge >= 0.3 is 0 Å². The van der Waals surface area contributed by atoms with Gasteiger partial charge in [-0.05, 0) is 57.4 Å². The minimum atomic E-state index is -0.236. The largest absolute Gasteiger partial charge is 0.371 e. The van der Waals surface area contributed by atoms with Crippen molar-refractivity contribution < 1.29 is 4.39 Å². The Morgan fingerprint density at radius 2 is 1.87 bits per heavy atom. The van der Waals surface area contributed by atoms with Crippen LogP contribution in [0.5, 0.6) is 0 Å². The third-order valence-corrected chi connectivity index (χ3v) is 9.89. The predicted molar refractivity (Wildman–Crippen MR) is 184 cm³/mol. The molecule has 8 nitrogen and oxygen atoms in total. The van der Waals surface area contributed by atoms with Crippen LogP contribution in [0.3, 0.4) is 0 Å². The van der Waals surface area contributed by atoms with Gasteiger partial charge in [0.15, 0.2) is 5.82 Å². The highest BCUT2D eigenvalue weighted by Crippen LogP contribution is 2.44. The first-order valence-electron chi connectivity index (χ1n) is 16.8. The summed E-state index contributed by atoms with van der Waals surface area (Å²) in [5, 5.41) is 5.36. The van der Waals surface area contributed by atoms with Gasteiger partial charge in [0.05, 0.1) is 23.6 Å². The first kappa shape index (κ1) is 31.0. The Morgan fingerprint density at radius 1 is 1.07 bits per heavy atom. The van der Waals surface area contributed by atoms with E-state index in [1.54, 1.807) is 6.07 Å². The van der Waals surface area contributed by atoms with Crippen molar-refractivity contribution in [3.63, 3.8) is 0 Å². The highest BCUT2D eigenvalue weighted by Gasteiger charge is 2.33. The monoisotopic (exact) mass is 612 g/mol. The smallest absolute Gasteiger partial charge is 0.160 e. The zero-order valence-corrected chi connectivity index (χ0v) is 28.0. The van der Waals surface area contributed by atoms with Crippen LogP contribution in [0.25, 0.3) is 16.8 Å². The maximum absolute atomic E-state index is 16.2. The van der Waals surface area contributed by atoms with Crippen LogP contribution in [0.15, 0.2) is 48.9 Å².